The standard InChI is InChI=1S/C11H12O3/c1-4-9-7-10(13-3)5-6-11(9)14-8(2)12/h4-7H,1H2,2-3H3. The largest absolute Gasteiger partial charge is 0.497 e. The topological polar surface area (TPSA) is 35.5 Å². The molecule has 0 N–H and O–H groups in total. The van der Waals surface area contributed by atoms with Crippen LogP contribution in [0.15, 0.2) is 24.8 Å². The van der Waals surface area contributed by atoms with Crippen molar-refractivity contribution < 1.29 is 14.3 Å². The number of benzene rings is 1. The van der Waals surface area contributed by atoms with Crippen molar-refractivity contribution in [3.05, 3.63) is 30.3 Å². The van der Waals surface area contributed by atoms with E-state index in [4.69, 9.17) is 9.47 Å². The summed E-state index contributed by atoms with van der Waals surface area (Å²) in [7, 11) is 1.58. The van der Waals surface area contributed by atoms with Crippen molar-refractivity contribution in [3.8, 4) is 11.5 Å². The summed E-state index contributed by atoms with van der Waals surface area (Å²) in [6.45, 7) is 4.99. The van der Waals surface area contributed by atoms with Crippen LogP contribution in [-0.2, 0) is 4.79 Å². The zero-order valence-electron chi connectivity index (χ0n) is 8.24. The Morgan fingerprint density at radius 1 is 1.50 bits per heavy atom. The number of hydrogen-bond donors (Lipinski definition) is 0. The maximum absolute atomic E-state index is 10.7. The molecule has 0 spiro atoms. The van der Waals surface area contributed by atoms with E-state index in [-0.39, 0.29) is 5.97 Å². The summed E-state index contributed by atoms with van der Waals surface area (Å²) in [5.74, 6) is 0.849. The smallest absolute Gasteiger partial charge is 0.308 e. The van der Waals surface area contributed by atoms with Crippen LogP contribution in [0.2, 0.25) is 0 Å². The highest BCUT2D eigenvalue weighted by Crippen LogP contribution is 2.24. The molecular formula is C11H12O3. The highest BCUT2D eigenvalue weighted by atomic mass is 16.5. The van der Waals surface area contributed by atoms with Gasteiger partial charge in [-0.25, -0.2) is 0 Å². The lowest BCUT2D eigenvalue weighted by Crippen LogP contribution is -2.02. The van der Waals surface area contributed by atoms with Gasteiger partial charge in [-0.1, -0.05) is 12.7 Å². The van der Waals surface area contributed by atoms with Gasteiger partial charge in [0.15, 0.2) is 0 Å². The lowest BCUT2D eigenvalue weighted by Gasteiger charge is -2.07. The number of hydrogen-bond acceptors (Lipinski definition) is 3. The number of carbonyl (C=O) groups excluding carboxylic acids is 1. The number of ether oxygens (including phenoxy) is 2. The predicted octanol–water partition coefficient (Wildman–Crippen LogP) is 2.26. The van der Waals surface area contributed by atoms with Crippen molar-refractivity contribution in [1.29, 1.82) is 0 Å². The van der Waals surface area contributed by atoms with Gasteiger partial charge in [0, 0.05) is 12.5 Å². The van der Waals surface area contributed by atoms with E-state index < -0.39 is 0 Å². The van der Waals surface area contributed by atoms with Gasteiger partial charge in [-0.3, -0.25) is 4.79 Å². The summed E-state index contributed by atoms with van der Waals surface area (Å²) in [6, 6.07) is 5.16. The summed E-state index contributed by atoms with van der Waals surface area (Å²) in [5, 5.41) is 0. The third-order valence-corrected chi connectivity index (χ3v) is 1.69. The lowest BCUT2D eigenvalue weighted by atomic mass is 10.2. The van der Waals surface area contributed by atoms with Gasteiger partial charge < -0.3 is 9.47 Å². The van der Waals surface area contributed by atoms with E-state index in [9.17, 15) is 4.79 Å². The third kappa shape index (κ3) is 2.36. The molecule has 0 heterocycles. The van der Waals surface area contributed by atoms with E-state index in [0.29, 0.717) is 11.5 Å². The fraction of sp³-hybridized carbons (Fsp3) is 0.182. The molecule has 0 aliphatic carbocycles. The van der Waals surface area contributed by atoms with Crippen LogP contribution in [0.1, 0.15) is 12.5 Å². The van der Waals surface area contributed by atoms with Gasteiger partial charge >= 0.3 is 5.97 Å². The van der Waals surface area contributed by atoms with Gasteiger partial charge in [-0.15, -0.1) is 0 Å². The molecule has 0 bridgehead atoms. The van der Waals surface area contributed by atoms with Crippen molar-refractivity contribution in [1.82, 2.24) is 0 Å². The Labute approximate surface area is 83.0 Å². The molecule has 0 amide bonds. The molecule has 0 saturated heterocycles. The van der Waals surface area contributed by atoms with Crippen molar-refractivity contribution in [2.24, 2.45) is 0 Å². The Morgan fingerprint density at radius 3 is 2.71 bits per heavy atom. The van der Waals surface area contributed by atoms with Gasteiger partial charge in [0.25, 0.3) is 0 Å². The summed E-state index contributed by atoms with van der Waals surface area (Å²) >= 11 is 0. The molecule has 1 aromatic rings. The Bertz CT molecular complexity index is 356. The van der Waals surface area contributed by atoms with Crippen LogP contribution in [0.4, 0.5) is 0 Å². The minimum absolute atomic E-state index is 0.349. The summed E-state index contributed by atoms with van der Waals surface area (Å²) < 4.78 is 10.00. The highest BCUT2D eigenvalue weighted by Gasteiger charge is 2.04. The van der Waals surface area contributed by atoms with Crippen molar-refractivity contribution in [2.45, 2.75) is 6.92 Å². The molecule has 0 atom stereocenters. The Morgan fingerprint density at radius 2 is 2.21 bits per heavy atom. The first kappa shape index (κ1) is 10.3. The molecule has 1 rings (SSSR count). The average molecular weight is 192 g/mol. The van der Waals surface area contributed by atoms with Crippen LogP contribution in [0.25, 0.3) is 6.08 Å². The Hall–Kier alpha value is -1.77. The van der Waals surface area contributed by atoms with Crippen LogP contribution >= 0.6 is 0 Å². The minimum atomic E-state index is -0.349. The highest BCUT2D eigenvalue weighted by molar-refractivity contribution is 5.72. The summed E-state index contributed by atoms with van der Waals surface area (Å²) in [6.07, 6.45) is 1.61. The summed E-state index contributed by atoms with van der Waals surface area (Å²) in [5.41, 5.74) is 0.736. The maximum Gasteiger partial charge on any atom is 0.308 e. The zero-order valence-corrected chi connectivity index (χ0v) is 8.24. The Balaban J connectivity index is 3.04. The van der Waals surface area contributed by atoms with E-state index in [0.717, 1.165) is 5.56 Å². The van der Waals surface area contributed by atoms with E-state index in [2.05, 4.69) is 6.58 Å². The van der Waals surface area contributed by atoms with Crippen LogP contribution in [-0.4, -0.2) is 13.1 Å². The number of esters is 1. The van der Waals surface area contributed by atoms with Crippen molar-refractivity contribution in [3.63, 3.8) is 0 Å². The molecule has 1 aromatic carbocycles. The number of rotatable bonds is 3. The minimum Gasteiger partial charge on any atom is -0.497 e. The SMILES string of the molecule is C=Cc1cc(OC)ccc1OC(C)=O. The van der Waals surface area contributed by atoms with Crippen molar-refractivity contribution in [2.75, 3.05) is 7.11 Å². The number of methoxy groups -OCH3 is 1. The fourth-order valence-electron chi connectivity index (χ4n) is 1.06. The molecule has 0 aromatic heterocycles. The first-order valence-corrected chi connectivity index (χ1v) is 4.16. The van der Waals surface area contributed by atoms with Crippen LogP contribution in [0, 0.1) is 0 Å². The molecule has 0 unspecified atom stereocenters. The molecule has 0 aliphatic rings. The fourth-order valence-corrected chi connectivity index (χ4v) is 1.06. The molecule has 0 fully saturated rings. The van der Waals surface area contributed by atoms with Gasteiger partial charge in [0.05, 0.1) is 7.11 Å². The molecule has 0 saturated carbocycles. The molecule has 0 aliphatic heterocycles. The van der Waals surface area contributed by atoms with Crippen LogP contribution < -0.4 is 9.47 Å². The second kappa shape index (κ2) is 4.46. The van der Waals surface area contributed by atoms with E-state index in [1.807, 2.05) is 0 Å². The quantitative estimate of drug-likeness (QED) is 0.544. The monoisotopic (exact) mass is 192 g/mol. The van der Waals surface area contributed by atoms with E-state index in [1.165, 1.54) is 6.92 Å². The third-order valence-electron chi connectivity index (χ3n) is 1.69. The molecule has 74 valence electrons. The second-order valence-corrected chi connectivity index (χ2v) is 2.70. The van der Waals surface area contributed by atoms with Gasteiger partial charge in [-0.2, -0.15) is 0 Å². The van der Waals surface area contributed by atoms with Gasteiger partial charge in [0.2, 0.25) is 0 Å². The Kier molecular flexibility index (Phi) is 3.29. The van der Waals surface area contributed by atoms with Gasteiger partial charge in [0.1, 0.15) is 11.5 Å². The molecule has 3 heteroatoms. The van der Waals surface area contributed by atoms with E-state index >= 15 is 0 Å². The normalized spacial score (nSPS) is 9.29. The molecule has 14 heavy (non-hydrogen) atoms. The average Bonchev–Trinajstić information content (AvgIpc) is 2.17. The first-order valence-electron chi connectivity index (χ1n) is 4.16. The predicted molar refractivity (Wildman–Crippen MR) is 54.4 cm³/mol. The molecule has 3 nitrogen and oxygen atoms in total. The maximum atomic E-state index is 10.7. The van der Waals surface area contributed by atoms with E-state index in [1.54, 1.807) is 31.4 Å². The van der Waals surface area contributed by atoms with Crippen LogP contribution in [0.3, 0.4) is 0 Å². The lowest BCUT2D eigenvalue weighted by molar-refractivity contribution is -0.131. The zero-order chi connectivity index (χ0) is 10.6. The summed E-state index contributed by atoms with van der Waals surface area (Å²) in [4.78, 5) is 10.7. The second-order valence-electron chi connectivity index (χ2n) is 2.70. The van der Waals surface area contributed by atoms with Crippen LogP contribution in [0.5, 0.6) is 11.5 Å². The van der Waals surface area contributed by atoms with Crippen molar-refractivity contribution >= 4 is 12.0 Å². The van der Waals surface area contributed by atoms with Gasteiger partial charge in [-0.05, 0) is 18.2 Å². The number of carbonyl (C=O) groups is 1. The molecular weight excluding hydrogens is 180 g/mol. The first-order chi connectivity index (χ1) is 6.67. The molecule has 0 radical (unpaired) electrons.